The van der Waals surface area contributed by atoms with E-state index < -0.39 is 18.0 Å². The number of carboxylic acid groups (broad SMARTS) is 1. The second-order valence-electron chi connectivity index (χ2n) is 7.53. The first kappa shape index (κ1) is 24.9. The molecule has 0 saturated heterocycles. The lowest BCUT2D eigenvalue weighted by Gasteiger charge is -2.33. The molecule has 1 aromatic carbocycles. The Kier molecular flexibility index (Phi) is 9.68. The SMILES string of the molecule is Cc1cnc(CNC(=O)[C@H]2CC[C@@H](NC(=O)Cc3cccc(F)c3)[C@H](O)C2)cn1.O=CO. The molecule has 0 spiro atoms. The van der Waals surface area contributed by atoms with Crippen molar-refractivity contribution in [3.8, 4) is 0 Å². The summed E-state index contributed by atoms with van der Waals surface area (Å²) in [6, 6.07) is 5.46. The van der Waals surface area contributed by atoms with E-state index in [1.165, 1.54) is 12.1 Å². The van der Waals surface area contributed by atoms with Gasteiger partial charge in [0.1, 0.15) is 5.82 Å². The number of hydrogen-bond donors (Lipinski definition) is 4. The third kappa shape index (κ3) is 8.03. The third-order valence-electron chi connectivity index (χ3n) is 5.07. The fourth-order valence-electron chi connectivity index (χ4n) is 3.48. The molecule has 32 heavy (non-hydrogen) atoms. The van der Waals surface area contributed by atoms with Gasteiger partial charge in [-0.3, -0.25) is 24.4 Å². The summed E-state index contributed by atoms with van der Waals surface area (Å²) in [5.74, 6) is -1.13. The monoisotopic (exact) mass is 446 g/mol. The van der Waals surface area contributed by atoms with Crippen LogP contribution in [0.3, 0.4) is 0 Å². The zero-order chi connectivity index (χ0) is 23.5. The summed E-state index contributed by atoms with van der Waals surface area (Å²) >= 11 is 0. The van der Waals surface area contributed by atoms with Gasteiger partial charge >= 0.3 is 0 Å². The van der Waals surface area contributed by atoms with E-state index in [2.05, 4.69) is 20.6 Å². The molecule has 1 aromatic heterocycles. The predicted octanol–water partition coefficient (Wildman–Crippen LogP) is 1.13. The minimum atomic E-state index is -0.810. The van der Waals surface area contributed by atoms with Crippen LogP contribution in [-0.2, 0) is 27.3 Å². The molecule has 1 fully saturated rings. The summed E-state index contributed by atoms with van der Waals surface area (Å²) in [6.45, 7) is 1.87. The van der Waals surface area contributed by atoms with Gasteiger partial charge in [0, 0.05) is 12.1 Å². The Bertz CT molecular complexity index is 909. The molecule has 0 bridgehead atoms. The number of nitrogens with one attached hydrogen (secondary N) is 2. The molecule has 10 heteroatoms. The Morgan fingerprint density at radius 3 is 2.62 bits per heavy atom. The predicted molar refractivity (Wildman–Crippen MR) is 113 cm³/mol. The highest BCUT2D eigenvalue weighted by Crippen LogP contribution is 2.25. The van der Waals surface area contributed by atoms with Crippen LogP contribution in [0.4, 0.5) is 4.39 Å². The first-order valence-electron chi connectivity index (χ1n) is 10.2. The van der Waals surface area contributed by atoms with Crippen molar-refractivity contribution in [1.82, 2.24) is 20.6 Å². The minimum absolute atomic E-state index is 0.0441. The van der Waals surface area contributed by atoms with Gasteiger partial charge in [0.15, 0.2) is 0 Å². The van der Waals surface area contributed by atoms with E-state index in [0.717, 1.165) is 5.69 Å². The van der Waals surface area contributed by atoms with Gasteiger partial charge < -0.3 is 20.8 Å². The van der Waals surface area contributed by atoms with Gasteiger partial charge in [-0.25, -0.2) is 4.39 Å². The minimum Gasteiger partial charge on any atom is -0.483 e. The van der Waals surface area contributed by atoms with Crippen molar-refractivity contribution in [1.29, 1.82) is 0 Å². The molecule has 3 atom stereocenters. The van der Waals surface area contributed by atoms with Crippen LogP contribution in [0.15, 0.2) is 36.7 Å². The van der Waals surface area contributed by atoms with Gasteiger partial charge in [0.2, 0.25) is 11.8 Å². The molecule has 4 N–H and O–H groups in total. The van der Waals surface area contributed by atoms with E-state index in [0.29, 0.717) is 24.1 Å². The Morgan fingerprint density at radius 2 is 2.00 bits per heavy atom. The van der Waals surface area contributed by atoms with E-state index in [1.807, 2.05) is 6.92 Å². The van der Waals surface area contributed by atoms with Gasteiger partial charge in [-0.05, 0) is 43.9 Å². The van der Waals surface area contributed by atoms with Gasteiger partial charge in [0.05, 0.1) is 42.7 Å². The van der Waals surface area contributed by atoms with Crippen molar-refractivity contribution in [2.75, 3.05) is 0 Å². The lowest BCUT2D eigenvalue weighted by atomic mass is 9.83. The van der Waals surface area contributed by atoms with Crippen LogP contribution in [0.1, 0.15) is 36.2 Å². The first-order chi connectivity index (χ1) is 15.3. The molecule has 0 aliphatic heterocycles. The van der Waals surface area contributed by atoms with Crippen molar-refractivity contribution < 1.29 is 29.0 Å². The Labute approximate surface area is 185 Å². The molecule has 3 rings (SSSR count). The van der Waals surface area contributed by atoms with Crippen molar-refractivity contribution in [3.63, 3.8) is 0 Å². The molecule has 1 aliphatic carbocycles. The number of carbonyl (C=O) groups excluding carboxylic acids is 2. The highest BCUT2D eigenvalue weighted by atomic mass is 19.1. The molecule has 1 heterocycles. The Balaban J connectivity index is 0.00000114. The molecule has 2 aromatic rings. The maximum atomic E-state index is 13.2. The summed E-state index contributed by atoms with van der Waals surface area (Å²) < 4.78 is 13.2. The zero-order valence-corrected chi connectivity index (χ0v) is 17.7. The fourth-order valence-corrected chi connectivity index (χ4v) is 3.48. The van der Waals surface area contributed by atoms with E-state index in [-0.39, 0.29) is 43.6 Å². The number of benzene rings is 1. The van der Waals surface area contributed by atoms with E-state index in [9.17, 15) is 19.1 Å². The standard InChI is InChI=1S/C21H25FN4O3.CH2O2/c1-13-10-24-17(11-23-13)12-25-21(29)15-5-6-18(19(27)9-15)26-20(28)8-14-3-2-4-16(22)7-14;2-1-3/h2-4,7,10-11,15,18-19,27H,5-6,8-9,12H2,1H3,(H,25,29)(H,26,28);1H,(H,2,3)/t15-,18+,19+;/m0./s1. The second kappa shape index (κ2) is 12.5. The summed E-state index contributed by atoms with van der Waals surface area (Å²) in [5.41, 5.74) is 2.05. The van der Waals surface area contributed by atoms with Gasteiger partial charge in [-0.15, -0.1) is 0 Å². The van der Waals surface area contributed by atoms with E-state index in [4.69, 9.17) is 9.90 Å². The molecule has 0 radical (unpaired) electrons. The number of nitrogens with zero attached hydrogens (tertiary/aromatic N) is 2. The van der Waals surface area contributed by atoms with Crippen molar-refractivity contribution in [2.45, 2.75) is 51.3 Å². The van der Waals surface area contributed by atoms with Crippen LogP contribution in [0.5, 0.6) is 0 Å². The number of hydrogen-bond acceptors (Lipinski definition) is 6. The van der Waals surface area contributed by atoms with Crippen LogP contribution in [-0.4, -0.2) is 50.6 Å². The number of aliphatic hydroxyl groups excluding tert-OH is 1. The summed E-state index contributed by atoms with van der Waals surface area (Å²) in [7, 11) is 0. The van der Waals surface area contributed by atoms with Gasteiger partial charge in [-0.1, -0.05) is 12.1 Å². The molecule has 172 valence electrons. The fraction of sp³-hybridized carbons (Fsp3) is 0.409. The number of aromatic nitrogens is 2. The lowest BCUT2D eigenvalue weighted by Crippen LogP contribution is -2.49. The largest absolute Gasteiger partial charge is 0.483 e. The van der Waals surface area contributed by atoms with E-state index in [1.54, 1.807) is 24.5 Å². The normalized spacial score (nSPS) is 19.8. The van der Waals surface area contributed by atoms with Crippen molar-refractivity contribution in [2.24, 2.45) is 5.92 Å². The smallest absolute Gasteiger partial charge is 0.290 e. The summed E-state index contributed by atoms with van der Waals surface area (Å²) in [4.78, 5) is 41.3. The third-order valence-corrected chi connectivity index (χ3v) is 5.07. The molecular weight excluding hydrogens is 419 g/mol. The molecule has 1 saturated carbocycles. The Hall–Kier alpha value is -3.40. The maximum Gasteiger partial charge on any atom is 0.290 e. The number of aryl methyl sites for hydroxylation is 1. The Morgan fingerprint density at radius 1 is 1.25 bits per heavy atom. The number of carbonyl (C=O) groups is 3. The zero-order valence-electron chi connectivity index (χ0n) is 17.7. The number of aliphatic hydroxyl groups is 1. The number of amides is 2. The van der Waals surface area contributed by atoms with Crippen LogP contribution in [0.2, 0.25) is 0 Å². The molecular formula is C22H27FN4O5. The highest BCUT2D eigenvalue weighted by molar-refractivity contribution is 5.80. The molecule has 2 amide bonds. The summed E-state index contributed by atoms with van der Waals surface area (Å²) in [6.07, 6.45) is 3.83. The van der Waals surface area contributed by atoms with Crippen LogP contribution in [0, 0.1) is 18.7 Å². The van der Waals surface area contributed by atoms with Crippen LogP contribution in [0.25, 0.3) is 0 Å². The van der Waals surface area contributed by atoms with Crippen LogP contribution < -0.4 is 10.6 Å². The molecule has 9 nitrogen and oxygen atoms in total. The second-order valence-corrected chi connectivity index (χ2v) is 7.53. The lowest BCUT2D eigenvalue weighted by molar-refractivity contribution is -0.128. The quantitative estimate of drug-likeness (QED) is 0.487. The van der Waals surface area contributed by atoms with E-state index >= 15 is 0 Å². The van der Waals surface area contributed by atoms with Crippen molar-refractivity contribution >= 4 is 18.3 Å². The van der Waals surface area contributed by atoms with Crippen molar-refractivity contribution in [3.05, 3.63) is 59.4 Å². The maximum absolute atomic E-state index is 13.2. The topological polar surface area (TPSA) is 142 Å². The molecule has 1 aliphatic rings. The summed E-state index contributed by atoms with van der Waals surface area (Å²) in [5, 5.41) is 22.9. The number of rotatable bonds is 6. The average molecular weight is 446 g/mol. The first-order valence-corrected chi connectivity index (χ1v) is 10.2. The molecule has 0 unspecified atom stereocenters. The highest BCUT2D eigenvalue weighted by Gasteiger charge is 2.33. The average Bonchev–Trinajstić information content (AvgIpc) is 2.75. The van der Waals surface area contributed by atoms with Gasteiger partial charge in [-0.2, -0.15) is 0 Å². The van der Waals surface area contributed by atoms with Gasteiger partial charge in [0.25, 0.3) is 6.47 Å². The van der Waals surface area contributed by atoms with Crippen LogP contribution >= 0.6 is 0 Å². The number of halogens is 1.